The molecule has 3 rings (SSSR count). The van der Waals surface area contributed by atoms with Gasteiger partial charge in [0.2, 0.25) is 0 Å². The SMILES string of the molecule is O=[N+]([O-])c1ccccc1-c1nnnn1C1CCCCO1. The molecule has 1 aromatic carbocycles. The highest BCUT2D eigenvalue weighted by atomic mass is 16.6. The van der Waals surface area contributed by atoms with Gasteiger partial charge < -0.3 is 4.74 Å². The van der Waals surface area contributed by atoms with Crippen LogP contribution in [0.1, 0.15) is 25.5 Å². The van der Waals surface area contributed by atoms with Crippen molar-refractivity contribution >= 4 is 5.69 Å². The number of hydrogen-bond donors (Lipinski definition) is 0. The molecule has 0 spiro atoms. The molecule has 8 nitrogen and oxygen atoms in total. The number of benzene rings is 1. The van der Waals surface area contributed by atoms with E-state index in [4.69, 9.17) is 4.74 Å². The van der Waals surface area contributed by atoms with Crippen LogP contribution in [-0.4, -0.2) is 31.7 Å². The van der Waals surface area contributed by atoms with Gasteiger partial charge in [-0.3, -0.25) is 10.1 Å². The van der Waals surface area contributed by atoms with Gasteiger partial charge in [-0.05, 0) is 35.8 Å². The molecule has 0 amide bonds. The third-order valence-corrected chi connectivity index (χ3v) is 3.26. The monoisotopic (exact) mass is 275 g/mol. The topological polar surface area (TPSA) is 96.0 Å². The highest BCUT2D eigenvalue weighted by Gasteiger charge is 2.25. The molecule has 0 saturated carbocycles. The summed E-state index contributed by atoms with van der Waals surface area (Å²) in [7, 11) is 0. The van der Waals surface area contributed by atoms with Crippen LogP contribution < -0.4 is 0 Å². The predicted molar refractivity (Wildman–Crippen MR) is 68.7 cm³/mol. The van der Waals surface area contributed by atoms with Gasteiger partial charge in [0, 0.05) is 12.7 Å². The van der Waals surface area contributed by atoms with Gasteiger partial charge in [0.1, 0.15) is 0 Å². The van der Waals surface area contributed by atoms with E-state index in [1.165, 1.54) is 10.7 Å². The van der Waals surface area contributed by atoms with E-state index in [1.807, 2.05) is 0 Å². The number of ether oxygens (including phenoxy) is 1. The Balaban J connectivity index is 2.03. The van der Waals surface area contributed by atoms with Crippen molar-refractivity contribution in [3.8, 4) is 11.4 Å². The van der Waals surface area contributed by atoms with Crippen molar-refractivity contribution in [2.45, 2.75) is 25.5 Å². The molecule has 1 unspecified atom stereocenters. The van der Waals surface area contributed by atoms with Gasteiger partial charge in [-0.15, -0.1) is 5.10 Å². The Kier molecular flexibility index (Phi) is 3.38. The minimum atomic E-state index is -0.434. The van der Waals surface area contributed by atoms with Gasteiger partial charge in [0.25, 0.3) is 5.69 Å². The lowest BCUT2D eigenvalue weighted by molar-refractivity contribution is -0.384. The zero-order chi connectivity index (χ0) is 13.9. The number of nitro groups is 1. The Labute approximate surface area is 114 Å². The average molecular weight is 275 g/mol. The van der Waals surface area contributed by atoms with Gasteiger partial charge in [0.05, 0.1) is 10.5 Å². The summed E-state index contributed by atoms with van der Waals surface area (Å²) in [5, 5.41) is 22.6. The number of rotatable bonds is 3. The van der Waals surface area contributed by atoms with E-state index in [9.17, 15) is 10.1 Å². The average Bonchev–Trinajstić information content (AvgIpc) is 2.97. The molecule has 1 fully saturated rings. The summed E-state index contributed by atoms with van der Waals surface area (Å²) >= 11 is 0. The van der Waals surface area contributed by atoms with Crippen molar-refractivity contribution < 1.29 is 9.66 Å². The van der Waals surface area contributed by atoms with Crippen molar-refractivity contribution in [3.63, 3.8) is 0 Å². The zero-order valence-corrected chi connectivity index (χ0v) is 10.7. The molecule has 2 aromatic rings. The summed E-state index contributed by atoms with van der Waals surface area (Å²) in [5.74, 6) is 0.365. The Morgan fingerprint density at radius 1 is 1.35 bits per heavy atom. The van der Waals surface area contributed by atoms with Gasteiger partial charge in [0.15, 0.2) is 12.1 Å². The lowest BCUT2D eigenvalue weighted by atomic mass is 10.1. The van der Waals surface area contributed by atoms with E-state index in [2.05, 4.69) is 15.5 Å². The molecule has 1 saturated heterocycles. The third kappa shape index (κ3) is 2.25. The summed E-state index contributed by atoms with van der Waals surface area (Å²) < 4.78 is 7.16. The number of tetrazole rings is 1. The van der Waals surface area contributed by atoms with Crippen LogP contribution in [0.3, 0.4) is 0 Å². The quantitative estimate of drug-likeness (QED) is 0.627. The molecule has 0 bridgehead atoms. The summed E-state index contributed by atoms with van der Waals surface area (Å²) in [4.78, 5) is 10.7. The fourth-order valence-electron chi connectivity index (χ4n) is 2.30. The molecule has 0 radical (unpaired) electrons. The molecule has 0 aliphatic carbocycles. The first-order chi connectivity index (χ1) is 9.77. The van der Waals surface area contributed by atoms with Crippen LogP contribution >= 0.6 is 0 Å². The molecule has 20 heavy (non-hydrogen) atoms. The molecule has 1 aromatic heterocycles. The van der Waals surface area contributed by atoms with E-state index < -0.39 is 4.92 Å². The highest BCUT2D eigenvalue weighted by Crippen LogP contribution is 2.31. The van der Waals surface area contributed by atoms with E-state index in [0.717, 1.165) is 19.3 Å². The second-order valence-electron chi connectivity index (χ2n) is 4.54. The molecule has 0 N–H and O–H groups in total. The molecule has 1 aliphatic rings. The molecular formula is C12H13N5O3. The van der Waals surface area contributed by atoms with Crippen molar-refractivity contribution in [1.82, 2.24) is 20.2 Å². The molecule has 2 heterocycles. The normalized spacial score (nSPS) is 18.9. The lowest BCUT2D eigenvalue weighted by Gasteiger charge is -2.22. The second-order valence-corrected chi connectivity index (χ2v) is 4.54. The Morgan fingerprint density at radius 3 is 2.95 bits per heavy atom. The van der Waals surface area contributed by atoms with Crippen LogP contribution in [0.2, 0.25) is 0 Å². The fourth-order valence-corrected chi connectivity index (χ4v) is 2.30. The first-order valence-corrected chi connectivity index (χ1v) is 6.40. The Hall–Kier alpha value is -2.35. The van der Waals surface area contributed by atoms with Crippen LogP contribution in [0.4, 0.5) is 5.69 Å². The minimum absolute atomic E-state index is 0.0145. The van der Waals surface area contributed by atoms with Crippen molar-refractivity contribution in [1.29, 1.82) is 0 Å². The smallest absolute Gasteiger partial charge is 0.280 e. The number of nitro benzene ring substituents is 1. The summed E-state index contributed by atoms with van der Waals surface area (Å²) in [6.45, 7) is 0.654. The summed E-state index contributed by atoms with van der Waals surface area (Å²) in [6.07, 6.45) is 2.59. The largest absolute Gasteiger partial charge is 0.356 e. The molecule has 104 valence electrons. The van der Waals surface area contributed by atoms with Gasteiger partial charge >= 0.3 is 0 Å². The van der Waals surface area contributed by atoms with Gasteiger partial charge in [-0.1, -0.05) is 12.1 Å². The van der Waals surface area contributed by atoms with Crippen LogP contribution in [0.5, 0.6) is 0 Å². The number of para-hydroxylation sites is 1. The van der Waals surface area contributed by atoms with E-state index >= 15 is 0 Å². The minimum Gasteiger partial charge on any atom is -0.356 e. The summed E-state index contributed by atoms with van der Waals surface area (Å²) in [5.41, 5.74) is 0.385. The van der Waals surface area contributed by atoms with Crippen molar-refractivity contribution in [2.75, 3.05) is 6.61 Å². The fraction of sp³-hybridized carbons (Fsp3) is 0.417. The van der Waals surface area contributed by atoms with Gasteiger partial charge in [-0.25, -0.2) is 0 Å². The van der Waals surface area contributed by atoms with E-state index in [1.54, 1.807) is 18.2 Å². The van der Waals surface area contributed by atoms with E-state index in [0.29, 0.717) is 18.0 Å². The van der Waals surface area contributed by atoms with Crippen molar-refractivity contribution in [2.24, 2.45) is 0 Å². The van der Waals surface area contributed by atoms with E-state index in [-0.39, 0.29) is 11.9 Å². The Morgan fingerprint density at radius 2 is 2.20 bits per heavy atom. The maximum Gasteiger partial charge on any atom is 0.280 e. The second kappa shape index (κ2) is 5.33. The standard InChI is InChI=1S/C12H13N5O3/c18-17(19)10-6-2-1-5-9(10)12-13-14-15-16(12)11-7-3-4-8-20-11/h1-2,5-6,11H,3-4,7-8H2. The molecule has 1 atom stereocenters. The highest BCUT2D eigenvalue weighted by molar-refractivity contribution is 5.67. The van der Waals surface area contributed by atoms with Crippen molar-refractivity contribution in [3.05, 3.63) is 34.4 Å². The predicted octanol–water partition coefficient (Wildman–Crippen LogP) is 1.95. The third-order valence-electron chi connectivity index (χ3n) is 3.26. The Bertz CT molecular complexity index is 621. The number of nitrogens with zero attached hydrogens (tertiary/aromatic N) is 5. The maximum atomic E-state index is 11.1. The molecular weight excluding hydrogens is 262 g/mol. The summed E-state index contributed by atoms with van der Waals surface area (Å²) in [6, 6.07) is 6.43. The van der Waals surface area contributed by atoms with Gasteiger partial charge in [-0.2, -0.15) is 4.68 Å². The first-order valence-electron chi connectivity index (χ1n) is 6.40. The maximum absolute atomic E-state index is 11.1. The molecule has 8 heteroatoms. The number of hydrogen-bond acceptors (Lipinski definition) is 6. The first kappa shape index (κ1) is 12.7. The van der Waals surface area contributed by atoms with Crippen LogP contribution in [0.25, 0.3) is 11.4 Å². The lowest BCUT2D eigenvalue weighted by Crippen LogP contribution is -2.20. The van der Waals surface area contributed by atoms with Crippen LogP contribution in [-0.2, 0) is 4.74 Å². The van der Waals surface area contributed by atoms with Crippen LogP contribution in [0.15, 0.2) is 24.3 Å². The molecule has 1 aliphatic heterocycles. The van der Waals surface area contributed by atoms with Crippen LogP contribution in [0, 0.1) is 10.1 Å². The number of aromatic nitrogens is 4. The zero-order valence-electron chi connectivity index (χ0n) is 10.7.